The molecule has 0 aliphatic carbocycles. The molecule has 152 valence electrons. The van der Waals surface area contributed by atoms with Crippen LogP contribution in [0.25, 0.3) is 0 Å². The first-order valence-electron chi connectivity index (χ1n) is 9.71. The Morgan fingerprint density at radius 2 is 1.83 bits per heavy atom. The standard InChI is InChI=1S/C22H26N4O3/c1-15-9-10-18(24-21(28)16-6-3-2-4-7-16)19(12-15)25-22(29)17-8-5-11-26(13-17)14-20(23)27/h2-4,6-7,9-10,12,17H,5,8,11,13-14H2,1H3,(H2,23,27)(H,24,28)(H,25,29). The van der Waals surface area contributed by atoms with E-state index in [1.165, 1.54) is 0 Å². The van der Waals surface area contributed by atoms with Gasteiger partial charge in [-0.15, -0.1) is 0 Å². The summed E-state index contributed by atoms with van der Waals surface area (Å²) in [4.78, 5) is 38.4. The fraction of sp³-hybridized carbons (Fsp3) is 0.318. The normalized spacial score (nSPS) is 16.8. The van der Waals surface area contributed by atoms with Crippen LogP contribution in [0.1, 0.15) is 28.8 Å². The second kappa shape index (κ2) is 9.34. The van der Waals surface area contributed by atoms with Crippen LogP contribution in [-0.4, -0.2) is 42.3 Å². The number of hydrogen-bond donors (Lipinski definition) is 3. The summed E-state index contributed by atoms with van der Waals surface area (Å²) in [6.07, 6.45) is 1.58. The van der Waals surface area contributed by atoms with Crippen molar-refractivity contribution in [1.82, 2.24) is 4.90 Å². The van der Waals surface area contributed by atoms with Crippen LogP contribution in [-0.2, 0) is 9.59 Å². The van der Waals surface area contributed by atoms with Crippen molar-refractivity contribution >= 4 is 29.1 Å². The first-order valence-corrected chi connectivity index (χ1v) is 9.71. The molecule has 1 atom stereocenters. The van der Waals surface area contributed by atoms with Gasteiger partial charge >= 0.3 is 0 Å². The van der Waals surface area contributed by atoms with Crippen molar-refractivity contribution in [2.45, 2.75) is 19.8 Å². The zero-order chi connectivity index (χ0) is 20.8. The number of carbonyl (C=O) groups excluding carboxylic acids is 3. The summed E-state index contributed by atoms with van der Waals surface area (Å²) in [6.45, 7) is 3.34. The topological polar surface area (TPSA) is 105 Å². The molecule has 3 rings (SSSR count). The van der Waals surface area contributed by atoms with E-state index >= 15 is 0 Å². The van der Waals surface area contributed by atoms with Crippen molar-refractivity contribution in [3.8, 4) is 0 Å². The summed E-state index contributed by atoms with van der Waals surface area (Å²) < 4.78 is 0. The van der Waals surface area contributed by atoms with Gasteiger partial charge in [0.2, 0.25) is 11.8 Å². The molecule has 7 heteroatoms. The Morgan fingerprint density at radius 1 is 1.07 bits per heavy atom. The highest BCUT2D eigenvalue weighted by Gasteiger charge is 2.27. The summed E-state index contributed by atoms with van der Waals surface area (Å²) in [5, 5.41) is 5.83. The van der Waals surface area contributed by atoms with Crippen LogP contribution in [0.3, 0.4) is 0 Å². The molecule has 0 radical (unpaired) electrons. The summed E-state index contributed by atoms with van der Waals surface area (Å²) in [5.74, 6) is -0.993. The van der Waals surface area contributed by atoms with Gasteiger partial charge < -0.3 is 16.4 Å². The van der Waals surface area contributed by atoms with Crippen LogP contribution in [0, 0.1) is 12.8 Å². The zero-order valence-electron chi connectivity index (χ0n) is 16.5. The Balaban J connectivity index is 1.71. The summed E-state index contributed by atoms with van der Waals surface area (Å²) in [7, 11) is 0. The number of benzene rings is 2. The highest BCUT2D eigenvalue weighted by atomic mass is 16.2. The number of rotatable bonds is 6. The van der Waals surface area contributed by atoms with Crippen LogP contribution in [0.2, 0.25) is 0 Å². The van der Waals surface area contributed by atoms with Gasteiger partial charge in [0.15, 0.2) is 0 Å². The number of nitrogens with zero attached hydrogens (tertiary/aromatic N) is 1. The Morgan fingerprint density at radius 3 is 2.55 bits per heavy atom. The number of anilines is 2. The van der Waals surface area contributed by atoms with Crippen molar-refractivity contribution in [3.05, 3.63) is 59.7 Å². The fourth-order valence-electron chi connectivity index (χ4n) is 3.52. The van der Waals surface area contributed by atoms with E-state index in [9.17, 15) is 14.4 Å². The minimum atomic E-state index is -0.393. The van der Waals surface area contributed by atoms with Crippen molar-refractivity contribution in [2.24, 2.45) is 11.7 Å². The fourth-order valence-corrected chi connectivity index (χ4v) is 3.52. The minimum absolute atomic E-state index is 0.125. The molecule has 1 aliphatic heterocycles. The van der Waals surface area contributed by atoms with E-state index < -0.39 is 5.91 Å². The number of amides is 3. The van der Waals surface area contributed by atoms with Crippen molar-refractivity contribution < 1.29 is 14.4 Å². The maximum atomic E-state index is 12.9. The molecule has 1 saturated heterocycles. The maximum Gasteiger partial charge on any atom is 0.255 e. The Hall–Kier alpha value is -3.19. The van der Waals surface area contributed by atoms with E-state index in [-0.39, 0.29) is 24.3 Å². The molecule has 1 fully saturated rings. The smallest absolute Gasteiger partial charge is 0.255 e. The van der Waals surface area contributed by atoms with E-state index in [1.54, 1.807) is 30.3 Å². The molecular formula is C22H26N4O3. The predicted octanol–water partition coefficient (Wildman–Crippen LogP) is 2.38. The highest BCUT2D eigenvalue weighted by Crippen LogP contribution is 2.26. The molecule has 2 aromatic carbocycles. The van der Waals surface area contributed by atoms with Gasteiger partial charge in [-0.1, -0.05) is 24.3 Å². The van der Waals surface area contributed by atoms with Gasteiger partial charge in [0, 0.05) is 12.1 Å². The van der Waals surface area contributed by atoms with Gasteiger partial charge in [-0.3, -0.25) is 19.3 Å². The third-order valence-corrected chi connectivity index (χ3v) is 4.97. The minimum Gasteiger partial charge on any atom is -0.369 e. The van der Waals surface area contributed by atoms with Gasteiger partial charge in [-0.05, 0) is 56.1 Å². The Bertz CT molecular complexity index is 898. The number of likely N-dealkylation sites (tertiary alicyclic amines) is 1. The molecular weight excluding hydrogens is 368 g/mol. The number of aryl methyl sites for hydroxylation is 1. The van der Waals surface area contributed by atoms with E-state index in [0.717, 1.165) is 24.9 Å². The number of piperidine rings is 1. The summed E-state index contributed by atoms with van der Waals surface area (Å²) in [5.41, 5.74) is 7.89. The van der Waals surface area contributed by atoms with E-state index in [2.05, 4.69) is 10.6 Å². The molecule has 1 aliphatic rings. The molecule has 0 bridgehead atoms. The average molecular weight is 394 g/mol. The predicted molar refractivity (Wildman–Crippen MR) is 113 cm³/mol. The molecule has 0 spiro atoms. The van der Waals surface area contributed by atoms with Gasteiger partial charge in [0.05, 0.1) is 23.8 Å². The zero-order valence-corrected chi connectivity index (χ0v) is 16.5. The van der Waals surface area contributed by atoms with Crippen LogP contribution in [0.4, 0.5) is 11.4 Å². The third kappa shape index (κ3) is 5.65. The number of nitrogens with one attached hydrogen (secondary N) is 2. The molecule has 3 amide bonds. The monoisotopic (exact) mass is 394 g/mol. The second-order valence-electron chi connectivity index (χ2n) is 7.40. The van der Waals surface area contributed by atoms with Crippen molar-refractivity contribution in [2.75, 3.05) is 30.3 Å². The largest absolute Gasteiger partial charge is 0.369 e. The van der Waals surface area contributed by atoms with Crippen LogP contribution >= 0.6 is 0 Å². The van der Waals surface area contributed by atoms with E-state index in [1.807, 2.05) is 30.0 Å². The van der Waals surface area contributed by atoms with Crippen LogP contribution < -0.4 is 16.4 Å². The first-order chi connectivity index (χ1) is 13.9. The van der Waals surface area contributed by atoms with Crippen LogP contribution in [0.15, 0.2) is 48.5 Å². The molecule has 0 saturated carbocycles. The molecule has 29 heavy (non-hydrogen) atoms. The van der Waals surface area contributed by atoms with E-state index in [4.69, 9.17) is 5.73 Å². The van der Waals surface area contributed by atoms with Crippen molar-refractivity contribution in [1.29, 1.82) is 0 Å². The molecule has 2 aromatic rings. The van der Waals surface area contributed by atoms with Gasteiger partial charge in [-0.25, -0.2) is 0 Å². The molecule has 4 N–H and O–H groups in total. The Labute approximate surface area is 170 Å². The van der Waals surface area contributed by atoms with Gasteiger partial charge in [0.25, 0.3) is 5.91 Å². The molecule has 7 nitrogen and oxygen atoms in total. The van der Waals surface area contributed by atoms with Gasteiger partial charge in [-0.2, -0.15) is 0 Å². The maximum absolute atomic E-state index is 12.9. The second-order valence-corrected chi connectivity index (χ2v) is 7.40. The lowest BCUT2D eigenvalue weighted by molar-refractivity contribution is -0.124. The van der Waals surface area contributed by atoms with Crippen LogP contribution in [0.5, 0.6) is 0 Å². The lowest BCUT2D eigenvalue weighted by atomic mass is 9.97. The molecule has 0 aromatic heterocycles. The number of carbonyl (C=O) groups is 3. The average Bonchev–Trinajstić information content (AvgIpc) is 2.70. The Kier molecular flexibility index (Phi) is 6.61. The highest BCUT2D eigenvalue weighted by molar-refractivity contribution is 6.07. The quantitative estimate of drug-likeness (QED) is 0.700. The lowest BCUT2D eigenvalue weighted by Gasteiger charge is -2.31. The van der Waals surface area contributed by atoms with Crippen molar-refractivity contribution in [3.63, 3.8) is 0 Å². The summed E-state index contributed by atoms with van der Waals surface area (Å²) >= 11 is 0. The number of nitrogens with two attached hydrogens (primary N) is 1. The number of hydrogen-bond acceptors (Lipinski definition) is 4. The first kappa shape index (κ1) is 20.5. The lowest BCUT2D eigenvalue weighted by Crippen LogP contribution is -2.44. The number of primary amides is 1. The molecule has 1 heterocycles. The SMILES string of the molecule is Cc1ccc(NC(=O)c2ccccc2)c(NC(=O)C2CCCN(CC(N)=O)C2)c1. The molecule has 1 unspecified atom stereocenters. The van der Waals surface area contributed by atoms with Gasteiger partial charge in [0.1, 0.15) is 0 Å². The summed E-state index contributed by atoms with van der Waals surface area (Å²) in [6, 6.07) is 14.4. The van der Waals surface area contributed by atoms with E-state index in [0.29, 0.717) is 23.5 Å². The third-order valence-electron chi connectivity index (χ3n) is 4.97.